The van der Waals surface area contributed by atoms with Gasteiger partial charge in [0.05, 0.1) is 42.0 Å². The molecule has 2 aliphatic heterocycles. The van der Waals surface area contributed by atoms with Crippen molar-refractivity contribution in [1.29, 1.82) is 0 Å². The molecule has 0 radical (unpaired) electrons. The van der Waals surface area contributed by atoms with Crippen LogP contribution < -0.4 is 15.1 Å². The van der Waals surface area contributed by atoms with Crippen LogP contribution in [0.1, 0.15) is 20.8 Å². The van der Waals surface area contributed by atoms with Crippen LogP contribution in [0.3, 0.4) is 0 Å². The Morgan fingerprint density at radius 2 is 1.00 bits per heavy atom. The molecule has 14 heteroatoms. The van der Waals surface area contributed by atoms with Crippen molar-refractivity contribution in [1.82, 2.24) is 19.4 Å². The lowest BCUT2D eigenvalue weighted by molar-refractivity contribution is 0.0240. The minimum absolute atomic E-state index is 0.281. The molecule has 0 bridgehead atoms. The average Bonchev–Trinajstić information content (AvgIpc) is 3.76. The largest absolute Gasteiger partial charge is 0.444 e. The van der Waals surface area contributed by atoms with E-state index in [1.807, 2.05) is 80.4 Å². The van der Waals surface area contributed by atoms with Crippen molar-refractivity contribution < 1.29 is 26.4 Å². The maximum Gasteiger partial charge on any atom is 0.410 e. The number of aromatic nitrogens is 2. The molecule has 2 saturated heterocycles. The number of fused-ring (bicyclic) bond motifs is 2. The van der Waals surface area contributed by atoms with Gasteiger partial charge >= 0.3 is 6.09 Å². The molecule has 300 valence electrons. The number of carbonyl (C=O) groups excluding carboxylic acids is 1. The summed E-state index contributed by atoms with van der Waals surface area (Å²) < 4.78 is 62.1. The van der Waals surface area contributed by atoms with Crippen LogP contribution in [0.5, 0.6) is 0 Å². The molecule has 2 aliphatic rings. The zero-order chi connectivity index (χ0) is 40.5. The highest BCUT2D eigenvalue weighted by molar-refractivity contribution is 7.92. The lowest BCUT2D eigenvalue weighted by Gasteiger charge is -2.37. The van der Waals surface area contributed by atoms with Gasteiger partial charge in [-0.1, -0.05) is 60.7 Å². The summed E-state index contributed by atoms with van der Waals surface area (Å²) in [7, 11) is -3.40. The highest BCUT2D eigenvalue weighted by atomic mass is 32.2. The summed E-state index contributed by atoms with van der Waals surface area (Å²) in [4.78, 5) is 19.9. The molecule has 4 aromatic carbocycles. The first kappa shape index (κ1) is 39.9. The van der Waals surface area contributed by atoms with Crippen LogP contribution in [0.15, 0.2) is 129 Å². The van der Waals surface area contributed by atoms with Crippen molar-refractivity contribution in [3.8, 4) is 0 Å². The van der Waals surface area contributed by atoms with E-state index >= 15 is 0 Å². The van der Waals surface area contributed by atoms with Gasteiger partial charge in [0, 0.05) is 89.6 Å². The van der Waals surface area contributed by atoms with Gasteiger partial charge in [0.25, 0.3) is 0 Å². The number of hydrogen-bond acceptors (Lipinski definition) is 9. The Labute approximate surface area is 335 Å². The topological polar surface area (TPSA) is 126 Å². The number of ether oxygens (including phenoxy) is 1. The maximum absolute atomic E-state index is 13.3. The van der Waals surface area contributed by atoms with Gasteiger partial charge in [-0.15, -0.1) is 0 Å². The molecule has 57 heavy (non-hydrogen) atoms. The Morgan fingerprint density at radius 3 is 1.42 bits per heavy atom. The molecule has 4 heterocycles. The molecule has 0 saturated carbocycles. The van der Waals surface area contributed by atoms with Crippen molar-refractivity contribution in [2.75, 3.05) is 62.2 Å². The Bertz CT molecular complexity index is 2600. The zero-order valence-corrected chi connectivity index (χ0v) is 34.7. The molecule has 2 fully saturated rings. The number of anilines is 2. The first-order valence-corrected chi connectivity index (χ1v) is 22.1. The number of para-hydroxylation sites is 2. The monoisotopic (exact) mass is 810 g/mol. The molecule has 6 aromatic rings. The minimum atomic E-state index is -3.64. The van der Waals surface area contributed by atoms with Crippen molar-refractivity contribution in [3.05, 3.63) is 109 Å². The highest BCUT2D eigenvalue weighted by Crippen LogP contribution is 2.37. The van der Waals surface area contributed by atoms with E-state index in [2.05, 4.69) is 21.2 Å². The summed E-state index contributed by atoms with van der Waals surface area (Å²) in [5.41, 5.74) is 3.37. The van der Waals surface area contributed by atoms with E-state index in [0.29, 0.717) is 46.3 Å². The fourth-order valence-corrected chi connectivity index (χ4v) is 10.6. The molecule has 0 spiro atoms. The predicted octanol–water partition coefficient (Wildman–Crippen LogP) is 6.49. The van der Waals surface area contributed by atoms with Crippen molar-refractivity contribution in [2.24, 2.45) is 14.1 Å². The third kappa shape index (κ3) is 8.12. The van der Waals surface area contributed by atoms with Gasteiger partial charge < -0.3 is 33.9 Å². The third-order valence-corrected chi connectivity index (χ3v) is 13.9. The quantitative estimate of drug-likeness (QED) is 0.201. The number of benzene rings is 4. The van der Waals surface area contributed by atoms with Crippen LogP contribution in [0.25, 0.3) is 21.8 Å². The lowest BCUT2D eigenvalue weighted by Crippen LogP contribution is -2.50. The van der Waals surface area contributed by atoms with E-state index in [1.165, 1.54) is 0 Å². The predicted molar refractivity (Wildman–Crippen MR) is 225 cm³/mol. The lowest BCUT2D eigenvalue weighted by atomic mass is 10.2. The summed E-state index contributed by atoms with van der Waals surface area (Å²) in [6, 6.07) is 28.8. The molecule has 12 nitrogen and oxygen atoms in total. The van der Waals surface area contributed by atoms with E-state index in [-0.39, 0.29) is 11.0 Å². The molecular weight excluding hydrogens is 761 g/mol. The first-order chi connectivity index (χ1) is 27.2. The van der Waals surface area contributed by atoms with Gasteiger partial charge in [-0.2, -0.15) is 0 Å². The van der Waals surface area contributed by atoms with Crippen LogP contribution in [0.4, 0.5) is 16.2 Å². The standard InChI is InChI=1S/C24H29N3O4S.C19H21N3O2S/c1-24(2,3)31-23(28)27-15-13-26(14-16-27)20-12-8-11-19-21(17-25(4)22(19)20)32(29,30)18-9-6-5-7-10-18;1-21-14-18(25(23,24)15-6-3-2-4-7-15)16-8-5-9-17(19(16)21)22-12-10-20-11-13-22/h5-12,17H,13-16H2,1-4H3;2-9,14,20H,10-13H2,1H3. The van der Waals surface area contributed by atoms with E-state index in [9.17, 15) is 21.6 Å². The van der Waals surface area contributed by atoms with Crippen LogP contribution in [0, 0.1) is 0 Å². The minimum Gasteiger partial charge on any atom is -0.444 e. The van der Waals surface area contributed by atoms with Gasteiger partial charge in [0.15, 0.2) is 0 Å². The number of nitrogens with one attached hydrogen (secondary N) is 1. The summed E-state index contributed by atoms with van der Waals surface area (Å²) in [6.45, 7) is 11.7. The molecule has 2 aromatic heterocycles. The molecule has 0 aliphatic carbocycles. The second kappa shape index (κ2) is 15.9. The highest BCUT2D eigenvalue weighted by Gasteiger charge is 2.29. The summed E-state index contributed by atoms with van der Waals surface area (Å²) in [5.74, 6) is 0. The zero-order valence-electron chi connectivity index (χ0n) is 33.1. The molecule has 1 amide bonds. The summed E-state index contributed by atoms with van der Waals surface area (Å²) in [6.07, 6.45) is 3.12. The smallest absolute Gasteiger partial charge is 0.410 e. The van der Waals surface area contributed by atoms with Crippen molar-refractivity contribution in [2.45, 2.75) is 46.0 Å². The van der Waals surface area contributed by atoms with Gasteiger partial charge in [0.2, 0.25) is 19.7 Å². The van der Waals surface area contributed by atoms with E-state index in [4.69, 9.17) is 4.74 Å². The van der Waals surface area contributed by atoms with E-state index in [1.54, 1.807) is 71.9 Å². The number of nitrogens with zero attached hydrogens (tertiary/aromatic N) is 5. The van der Waals surface area contributed by atoms with Crippen LogP contribution in [-0.2, 0) is 38.5 Å². The van der Waals surface area contributed by atoms with E-state index in [0.717, 1.165) is 54.0 Å². The molecule has 1 N–H and O–H groups in total. The molecular formula is C43H50N6O6S2. The average molecular weight is 811 g/mol. The maximum atomic E-state index is 13.3. The van der Waals surface area contributed by atoms with Gasteiger partial charge in [0.1, 0.15) is 5.60 Å². The number of hydrogen-bond donors (Lipinski definition) is 1. The Morgan fingerprint density at radius 1 is 0.579 bits per heavy atom. The second-order valence-electron chi connectivity index (χ2n) is 15.4. The van der Waals surface area contributed by atoms with Crippen LogP contribution in [-0.4, -0.2) is 94.9 Å². The molecule has 0 atom stereocenters. The number of piperazine rings is 2. The first-order valence-electron chi connectivity index (χ1n) is 19.1. The summed E-state index contributed by atoms with van der Waals surface area (Å²) >= 11 is 0. The van der Waals surface area contributed by atoms with Crippen LogP contribution in [0.2, 0.25) is 0 Å². The fourth-order valence-electron chi connectivity index (χ4n) is 7.58. The van der Waals surface area contributed by atoms with Crippen molar-refractivity contribution >= 4 is 58.9 Å². The van der Waals surface area contributed by atoms with Crippen molar-refractivity contribution in [3.63, 3.8) is 0 Å². The van der Waals surface area contributed by atoms with Gasteiger partial charge in [-0.25, -0.2) is 21.6 Å². The van der Waals surface area contributed by atoms with Crippen LogP contribution >= 0.6 is 0 Å². The number of sulfone groups is 2. The van der Waals surface area contributed by atoms with E-state index < -0.39 is 25.3 Å². The normalized spacial score (nSPS) is 15.4. The molecule has 8 rings (SSSR count). The SMILES string of the molecule is Cn1cc(S(=O)(=O)c2ccccc2)c2cccc(N3CCN(C(=O)OC(C)(C)C)CC3)c21.Cn1cc(S(=O)(=O)c2ccccc2)c2cccc(N3CCNCC3)c21. The fraction of sp³-hybridized carbons (Fsp3) is 0.326. The number of carbonyl (C=O) groups is 1. The molecule has 0 unspecified atom stereocenters. The third-order valence-electron chi connectivity index (χ3n) is 10.3. The number of rotatable bonds is 6. The number of aryl methyl sites for hydroxylation is 2. The van der Waals surface area contributed by atoms with Gasteiger partial charge in [-0.05, 0) is 57.2 Å². The Kier molecular flexibility index (Phi) is 11.1. The Hall–Kier alpha value is -5.31. The number of amides is 1. The summed E-state index contributed by atoms with van der Waals surface area (Å²) in [5, 5.41) is 4.83. The second-order valence-corrected chi connectivity index (χ2v) is 19.2. The Balaban J connectivity index is 0.000000179. The van der Waals surface area contributed by atoms with Gasteiger partial charge in [-0.3, -0.25) is 0 Å².